The Morgan fingerprint density at radius 2 is 0.742 bits per heavy atom. The Kier molecular flexibility index (Phi) is 51.2. The van der Waals surface area contributed by atoms with E-state index in [-0.39, 0.29) is 245 Å². The molecule has 0 radical (unpaired) electrons. The van der Waals surface area contributed by atoms with Crippen molar-refractivity contribution >= 4 is 15.6 Å². The van der Waals surface area contributed by atoms with Gasteiger partial charge in [0, 0.05) is 10.8 Å². The van der Waals surface area contributed by atoms with E-state index in [1.807, 2.05) is 13.8 Å². The van der Waals surface area contributed by atoms with Gasteiger partial charge in [-0.25, -0.2) is 0 Å². The van der Waals surface area contributed by atoms with E-state index in [1.165, 1.54) is 0 Å². The van der Waals surface area contributed by atoms with Gasteiger partial charge < -0.3 is 63.7 Å². The first-order chi connectivity index (χ1) is 12.2. The molecular formula is C12H28K4O13P2. The van der Waals surface area contributed by atoms with Crippen LogP contribution in [-0.2, 0) is 13.4 Å². The average Bonchev–Trinajstić information content (AvgIpc) is 2.58. The Morgan fingerprint density at radius 3 is 0.742 bits per heavy atom. The topological polar surface area (TPSA) is 257 Å². The first kappa shape index (κ1) is 53.8. The fourth-order valence-corrected chi connectivity index (χ4v) is 2.07. The van der Waals surface area contributed by atoms with E-state index in [0.29, 0.717) is 12.8 Å². The Balaban J connectivity index is -0.0000000524. The van der Waals surface area contributed by atoms with Gasteiger partial charge in [0.1, 0.15) is 0 Å². The zero-order chi connectivity index (χ0) is 22.4. The van der Waals surface area contributed by atoms with Crippen molar-refractivity contribution < 1.29 is 269 Å². The first-order valence-corrected chi connectivity index (χ1v) is 10.5. The van der Waals surface area contributed by atoms with Gasteiger partial charge in [0.05, 0.1) is 55.3 Å². The quantitative estimate of drug-likeness (QED) is 0.101. The van der Waals surface area contributed by atoms with Gasteiger partial charge in [-0.1, -0.05) is 13.8 Å². The molecule has 0 aliphatic heterocycles. The molecule has 0 aliphatic carbocycles. The molecule has 0 saturated carbocycles. The second-order valence-electron chi connectivity index (χ2n) is 5.63. The summed E-state index contributed by atoms with van der Waals surface area (Å²) in [5.41, 5.74) is -1.33. The monoisotopic (exact) mass is 598 g/mol. The van der Waals surface area contributed by atoms with Crippen molar-refractivity contribution in [3.05, 3.63) is 0 Å². The molecule has 168 valence electrons. The van der Waals surface area contributed by atoms with Crippen molar-refractivity contribution in [2.75, 3.05) is 39.6 Å². The summed E-state index contributed by atoms with van der Waals surface area (Å²) in [4.78, 5) is 37.3. The van der Waals surface area contributed by atoms with Crippen LogP contribution >= 0.6 is 15.6 Å². The van der Waals surface area contributed by atoms with E-state index in [4.69, 9.17) is 30.6 Å². The molecule has 0 saturated heterocycles. The zero-order valence-corrected chi connectivity index (χ0v) is 33.4. The normalized spacial score (nSPS) is 11.0. The summed E-state index contributed by atoms with van der Waals surface area (Å²) in [5, 5.41) is 51.9. The number of hydrogen-bond acceptors (Lipinski definition) is 13. The Labute approximate surface area is 353 Å². The minimum Gasteiger partial charge on any atom is -0.790 e. The van der Waals surface area contributed by atoms with Gasteiger partial charge in [0.25, 0.3) is 0 Å². The third-order valence-corrected chi connectivity index (χ3v) is 5.31. The first-order valence-electron chi connectivity index (χ1n) is 7.60. The third kappa shape index (κ3) is 32.7. The van der Waals surface area contributed by atoms with Crippen molar-refractivity contribution in [1.82, 2.24) is 0 Å². The van der Waals surface area contributed by atoms with Gasteiger partial charge in [-0.3, -0.25) is 0 Å². The van der Waals surface area contributed by atoms with Crippen molar-refractivity contribution in [2.45, 2.75) is 26.7 Å². The molecule has 0 heterocycles. The molecule has 0 unspecified atom stereocenters. The van der Waals surface area contributed by atoms with Crippen molar-refractivity contribution in [3.8, 4) is 0 Å². The van der Waals surface area contributed by atoms with Gasteiger partial charge in [-0.05, 0) is 12.8 Å². The van der Waals surface area contributed by atoms with Gasteiger partial charge in [-0.2, -0.15) is 0 Å². The summed E-state index contributed by atoms with van der Waals surface area (Å²) in [6.45, 7) is 2.71. The van der Waals surface area contributed by atoms with Crippen LogP contribution in [0.5, 0.6) is 0 Å². The number of aliphatic hydroxyl groups is 6. The number of hydrogen-bond donors (Lipinski definition) is 6. The SMILES string of the molecule is CCC(CO)(CO)CO.CCC(CO)(CO)CO.O=P([O-])([O-])OP(=O)([O-])[O-].[K+].[K+].[K+].[K+]. The molecule has 13 nitrogen and oxygen atoms in total. The largest absolute Gasteiger partial charge is 1.00 e. The number of phosphoric acid groups is 2. The standard InChI is InChI=1S/2C6H14O3.4K.H4O7P2/c2*1-2-6(3-7,4-8)5-9;;;;;1-8(2,3)7-9(4,5)6/h2*7-9H,2-5H2,1H3;;;;;(H2,1,2,3)(H2,4,5,6)/q;;4*+1;/p-4. The van der Waals surface area contributed by atoms with Crippen LogP contribution in [0.1, 0.15) is 26.7 Å². The Hall–Kier alpha value is 6.57. The maximum Gasteiger partial charge on any atom is 1.00 e. The molecule has 19 heteroatoms. The van der Waals surface area contributed by atoms with Crippen LogP contribution in [0.15, 0.2) is 0 Å². The number of rotatable bonds is 10. The predicted molar refractivity (Wildman–Crippen MR) is 84.3 cm³/mol. The minimum atomic E-state index is -5.68. The van der Waals surface area contributed by atoms with E-state index < -0.39 is 26.5 Å². The molecule has 0 aromatic heterocycles. The predicted octanol–water partition coefficient (Wildman–Crippen LogP) is -16.6. The molecule has 0 rings (SSSR count). The van der Waals surface area contributed by atoms with E-state index in [2.05, 4.69) is 4.31 Å². The van der Waals surface area contributed by atoms with Crippen LogP contribution in [0.2, 0.25) is 0 Å². The summed E-state index contributed by atoms with van der Waals surface area (Å²) >= 11 is 0. The van der Waals surface area contributed by atoms with Crippen LogP contribution in [0.25, 0.3) is 0 Å². The van der Waals surface area contributed by atoms with Crippen molar-refractivity contribution in [2.24, 2.45) is 10.8 Å². The molecule has 0 atom stereocenters. The second-order valence-corrected chi connectivity index (χ2v) is 8.07. The summed E-state index contributed by atoms with van der Waals surface area (Å²) in [6, 6.07) is 0. The Bertz CT molecular complexity index is 381. The second kappa shape index (κ2) is 29.5. The average molecular weight is 599 g/mol. The maximum atomic E-state index is 9.32. The molecule has 0 aromatic rings. The van der Waals surface area contributed by atoms with Crippen molar-refractivity contribution in [3.63, 3.8) is 0 Å². The summed E-state index contributed by atoms with van der Waals surface area (Å²) in [7, 11) is -11.4. The molecule has 0 amide bonds. The maximum absolute atomic E-state index is 9.32. The molecule has 0 aliphatic rings. The molecule has 0 fully saturated rings. The van der Waals surface area contributed by atoms with Gasteiger partial charge in [0.2, 0.25) is 0 Å². The third-order valence-electron chi connectivity index (χ3n) is 3.71. The van der Waals surface area contributed by atoms with E-state index in [0.717, 1.165) is 0 Å². The van der Waals surface area contributed by atoms with Crippen LogP contribution in [0.3, 0.4) is 0 Å². The van der Waals surface area contributed by atoms with E-state index in [1.54, 1.807) is 0 Å². The molecule has 0 aromatic carbocycles. The summed E-state index contributed by atoms with van der Waals surface area (Å²) in [5.74, 6) is 0. The van der Waals surface area contributed by atoms with Gasteiger partial charge in [0.15, 0.2) is 0 Å². The van der Waals surface area contributed by atoms with Crippen LogP contribution in [0.4, 0.5) is 0 Å². The summed E-state index contributed by atoms with van der Waals surface area (Å²) < 4.78 is 21.2. The van der Waals surface area contributed by atoms with Gasteiger partial charge in [-0.15, -0.1) is 0 Å². The van der Waals surface area contributed by atoms with Crippen LogP contribution in [0, 0.1) is 10.8 Å². The van der Waals surface area contributed by atoms with Crippen LogP contribution in [-0.4, -0.2) is 70.3 Å². The minimum absolute atomic E-state index is 0. The molecule has 6 N–H and O–H groups in total. The van der Waals surface area contributed by atoms with E-state index in [9.17, 15) is 28.7 Å². The molecule has 0 spiro atoms. The molecular weight excluding hydrogens is 570 g/mol. The summed E-state index contributed by atoms with van der Waals surface area (Å²) in [6.07, 6.45) is 1.19. The fraction of sp³-hybridized carbons (Fsp3) is 1.00. The van der Waals surface area contributed by atoms with E-state index >= 15 is 0 Å². The smallest absolute Gasteiger partial charge is 0.790 e. The van der Waals surface area contributed by atoms with Gasteiger partial charge >= 0.3 is 206 Å². The molecule has 0 bridgehead atoms. The Morgan fingerprint density at radius 1 is 0.581 bits per heavy atom. The fourth-order valence-electron chi connectivity index (χ4n) is 1.09. The molecule has 31 heavy (non-hydrogen) atoms. The van der Waals surface area contributed by atoms with Crippen molar-refractivity contribution in [1.29, 1.82) is 0 Å². The zero-order valence-electron chi connectivity index (χ0n) is 19.1. The number of aliphatic hydroxyl groups excluding tert-OH is 6. The van der Waals surface area contributed by atoms with Crippen LogP contribution < -0.4 is 225 Å².